The normalized spacial score (nSPS) is 10.3. The quantitative estimate of drug-likeness (QED) is 0.860. The Labute approximate surface area is 96.9 Å². The molecule has 0 fully saturated rings. The van der Waals surface area contributed by atoms with E-state index < -0.39 is 5.97 Å². The van der Waals surface area contributed by atoms with Crippen molar-refractivity contribution in [2.24, 2.45) is 0 Å². The minimum absolute atomic E-state index is 0.120. The third-order valence-corrected chi connectivity index (χ3v) is 2.53. The lowest BCUT2D eigenvalue weighted by Crippen LogP contribution is -1.98. The first kappa shape index (κ1) is 10.7. The largest absolute Gasteiger partial charge is 0.478 e. The fraction of sp³-hybridized carbons (Fsp3) is 0.0909. The zero-order chi connectivity index (χ0) is 11.5. The number of aromatic carboxylic acids is 1. The highest BCUT2D eigenvalue weighted by molar-refractivity contribution is 6.33. The molecule has 0 radical (unpaired) electrons. The molecular weight excluding hydrogens is 228 g/mol. The Morgan fingerprint density at radius 2 is 2.25 bits per heavy atom. The summed E-state index contributed by atoms with van der Waals surface area (Å²) in [5.74, 6) is -1.02. The number of benzene rings is 1. The average Bonchev–Trinajstić information content (AvgIpc) is 2.70. The zero-order valence-electron chi connectivity index (χ0n) is 8.27. The smallest absolute Gasteiger partial charge is 0.337 e. The van der Waals surface area contributed by atoms with Gasteiger partial charge in [-0.1, -0.05) is 17.7 Å². The fourth-order valence-corrected chi connectivity index (χ4v) is 1.73. The van der Waals surface area contributed by atoms with Crippen molar-refractivity contribution in [1.29, 1.82) is 0 Å². The predicted molar refractivity (Wildman–Crippen MR) is 59.8 cm³/mol. The van der Waals surface area contributed by atoms with Crippen molar-refractivity contribution in [3.05, 3.63) is 52.3 Å². The zero-order valence-corrected chi connectivity index (χ0v) is 9.03. The number of carbonyl (C=O) groups is 1. The number of hydrogen-bond acceptors (Lipinski definition) is 2. The molecule has 0 aliphatic rings. The van der Waals surface area contributed by atoms with Crippen LogP contribution < -0.4 is 0 Å². The number of aromatic nitrogens is 2. The van der Waals surface area contributed by atoms with Crippen LogP contribution in [-0.2, 0) is 6.42 Å². The molecule has 2 aromatic rings. The van der Waals surface area contributed by atoms with Gasteiger partial charge in [-0.2, -0.15) is 5.10 Å². The molecule has 0 aliphatic heterocycles. The van der Waals surface area contributed by atoms with E-state index >= 15 is 0 Å². The molecule has 0 unspecified atom stereocenters. The number of carboxylic acid groups (broad SMARTS) is 1. The van der Waals surface area contributed by atoms with Crippen molar-refractivity contribution < 1.29 is 9.90 Å². The van der Waals surface area contributed by atoms with E-state index in [9.17, 15) is 4.79 Å². The number of rotatable bonds is 3. The lowest BCUT2D eigenvalue weighted by molar-refractivity contribution is 0.0697. The van der Waals surface area contributed by atoms with Gasteiger partial charge in [0.25, 0.3) is 0 Å². The number of nitrogens with one attached hydrogen (secondary N) is 1. The first-order valence-electron chi connectivity index (χ1n) is 4.67. The summed E-state index contributed by atoms with van der Waals surface area (Å²) < 4.78 is 0. The summed E-state index contributed by atoms with van der Waals surface area (Å²) in [5, 5.41) is 15.7. The molecule has 5 heteroatoms. The van der Waals surface area contributed by atoms with E-state index in [0.717, 1.165) is 11.3 Å². The van der Waals surface area contributed by atoms with E-state index in [2.05, 4.69) is 10.2 Å². The highest BCUT2D eigenvalue weighted by atomic mass is 35.5. The summed E-state index contributed by atoms with van der Waals surface area (Å²) in [5.41, 5.74) is 2.02. The molecule has 1 heterocycles. The van der Waals surface area contributed by atoms with E-state index in [4.69, 9.17) is 16.7 Å². The Bertz CT molecular complexity index is 509. The van der Waals surface area contributed by atoms with Crippen LogP contribution >= 0.6 is 11.6 Å². The number of halogens is 1. The molecule has 0 amide bonds. The van der Waals surface area contributed by atoms with Crippen LogP contribution in [0.2, 0.25) is 5.02 Å². The van der Waals surface area contributed by atoms with Crippen LogP contribution in [0, 0.1) is 0 Å². The molecule has 2 N–H and O–H groups in total. The first-order chi connectivity index (χ1) is 7.66. The highest BCUT2D eigenvalue weighted by Gasteiger charge is 2.09. The van der Waals surface area contributed by atoms with Crippen molar-refractivity contribution >= 4 is 17.6 Å². The van der Waals surface area contributed by atoms with Crippen LogP contribution in [0.3, 0.4) is 0 Å². The fourth-order valence-electron chi connectivity index (χ4n) is 1.45. The Morgan fingerprint density at radius 1 is 1.44 bits per heavy atom. The second kappa shape index (κ2) is 4.37. The Kier molecular flexibility index (Phi) is 2.92. The monoisotopic (exact) mass is 236 g/mol. The van der Waals surface area contributed by atoms with E-state index in [1.165, 1.54) is 6.07 Å². The highest BCUT2D eigenvalue weighted by Crippen LogP contribution is 2.19. The third kappa shape index (κ3) is 2.23. The standard InChI is InChI=1S/C11H9ClN2O2/c12-10-6-7(1-2-9(10)11(15)16)5-8-3-4-13-14-8/h1-4,6H,5H2,(H,13,14)(H,15,16). The molecule has 2 rings (SSSR count). The molecule has 0 bridgehead atoms. The Balaban J connectivity index is 2.24. The van der Waals surface area contributed by atoms with Crippen LogP contribution in [0.5, 0.6) is 0 Å². The summed E-state index contributed by atoms with van der Waals surface area (Å²) >= 11 is 5.86. The molecule has 1 aromatic carbocycles. The summed E-state index contributed by atoms with van der Waals surface area (Å²) in [4.78, 5) is 10.7. The topological polar surface area (TPSA) is 66.0 Å². The van der Waals surface area contributed by atoms with Gasteiger partial charge in [-0.15, -0.1) is 0 Å². The minimum atomic E-state index is -1.02. The van der Waals surface area contributed by atoms with E-state index in [0.29, 0.717) is 6.42 Å². The van der Waals surface area contributed by atoms with Gasteiger partial charge in [-0.05, 0) is 23.8 Å². The van der Waals surface area contributed by atoms with E-state index in [1.54, 1.807) is 18.3 Å². The molecule has 1 aromatic heterocycles. The van der Waals surface area contributed by atoms with E-state index in [1.807, 2.05) is 6.07 Å². The van der Waals surface area contributed by atoms with Gasteiger partial charge >= 0.3 is 5.97 Å². The van der Waals surface area contributed by atoms with Crippen molar-refractivity contribution in [3.8, 4) is 0 Å². The van der Waals surface area contributed by atoms with Gasteiger partial charge in [0.05, 0.1) is 10.6 Å². The van der Waals surface area contributed by atoms with E-state index in [-0.39, 0.29) is 10.6 Å². The third-order valence-electron chi connectivity index (χ3n) is 2.22. The molecule has 0 saturated carbocycles. The van der Waals surface area contributed by atoms with Gasteiger partial charge in [0.2, 0.25) is 0 Å². The summed E-state index contributed by atoms with van der Waals surface area (Å²) in [6, 6.07) is 6.78. The number of aromatic amines is 1. The van der Waals surface area contributed by atoms with Crippen LogP contribution in [-0.4, -0.2) is 21.3 Å². The molecule has 82 valence electrons. The van der Waals surface area contributed by atoms with Crippen molar-refractivity contribution in [1.82, 2.24) is 10.2 Å². The van der Waals surface area contributed by atoms with Crippen molar-refractivity contribution in [2.45, 2.75) is 6.42 Å². The maximum Gasteiger partial charge on any atom is 0.337 e. The number of carboxylic acids is 1. The average molecular weight is 237 g/mol. The second-order valence-corrected chi connectivity index (χ2v) is 3.79. The first-order valence-corrected chi connectivity index (χ1v) is 5.04. The van der Waals surface area contributed by atoms with Gasteiger partial charge in [0.1, 0.15) is 0 Å². The lowest BCUT2D eigenvalue weighted by Gasteiger charge is -2.02. The van der Waals surface area contributed by atoms with Crippen LogP contribution in [0.15, 0.2) is 30.5 Å². The SMILES string of the molecule is O=C(O)c1ccc(Cc2ccn[nH]2)cc1Cl. The van der Waals surface area contributed by atoms with Crippen molar-refractivity contribution in [2.75, 3.05) is 0 Å². The van der Waals surface area contributed by atoms with Crippen LogP contribution in [0.1, 0.15) is 21.6 Å². The Hall–Kier alpha value is -1.81. The van der Waals surface area contributed by atoms with Crippen molar-refractivity contribution in [3.63, 3.8) is 0 Å². The summed E-state index contributed by atoms with van der Waals surface area (Å²) in [7, 11) is 0. The number of H-pyrrole nitrogens is 1. The van der Waals surface area contributed by atoms with Gasteiger partial charge < -0.3 is 5.11 Å². The van der Waals surface area contributed by atoms with Gasteiger partial charge in [0, 0.05) is 18.3 Å². The molecule has 0 aliphatic carbocycles. The summed E-state index contributed by atoms with van der Waals surface area (Å²) in [6.07, 6.45) is 2.32. The molecular formula is C11H9ClN2O2. The van der Waals surface area contributed by atoms with Gasteiger partial charge in [-0.25, -0.2) is 4.79 Å². The molecule has 0 saturated heterocycles. The molecule has 16 heavy (non-hydrogen) atoms. The van der Waals surface area contributed by atoms with Gasteiger partial charge in [0.15, 0.2) is 0 Å². The maximum absolute atomic E-state index is 10.7. The Morgan fingerprint density at radius 3 is 2.81 bits per heavy atom. The predicted octanol–water partition coefficient (Wildman–Crippen LogP) is 2.35. The molecule has 4 nitrogen and oxygen atoms in total. The minimum Gasteiger partial charge on any atom is -0.478 e. The maximum atomic E-state index is 10.7. The second-order valence-electron chi connectivity index (χ2n) is 3.38. The molecule has 0 spiro atoms. The van der Waals surface area contributed by atoms with Crippen LogP contribution in [0.25, 0.3) is 0 Å². The number of nitrogens with zero attached hydrogens (tertiary/aromatic N) is 1. The number of hydrogen-bond donors (Lipinski definition) is 2. The lowest BCUT2D eigenvalue weighted by atomic mass is 10.1. The van der Waals surface area contributed by atoms with Gasteiger partial charge in [-0.3, -0.25) is 5.10 Å². The molecule has 0 atom stereocenters. The summed E-state index contributed by atoms with van der Waals surface area (Å²) in [6.45, 7) is 0. The van der Waals surface area contributed by atoms with Crippen LogP contribution in [0.4, 0.5) is 0 Å².